The van der Waals surface area contributed by atoms with Crippen LogP contribution in [0.3, 0.4) is 0 Å². The molecule has 0 bridgehead atoms. The van der Waals surface area contributed by atoms with Crippen LogP contribution in [0.25, 0.3) is 0 Å². The maximum absolute atomic E-state index is 10.7. The van der Waals surface area contributed by atoms with Gasteiger partial charge in [0.15, 0.2) is 0 Å². The molecular formula is C10H11ClN2O3S. The molecule has 0 aliphatic rings. The highest BCUT2D eigenvalue weighted by molar-refractivity contribution is 7.98. The third-order valence-electron chi connectivity index (χ3n) is 1.91. The number of carboxylic acids is 1. The molecule has 0 spiro atoms. The number of amides is 1. The highest BCUT2D eigenvalue weighted by atomic mass is 35.5. The van der Waals surface area contributed by atoms with Crippen LogP contribution >= 0.6 is 23.4 Å². The fourth-order valence-corrected chi connectivity index (χ4v) is 2.17. The molecule has 0 aliphatic carbocycles. The minimum Gasteiger partial charge on any atom is -0.480 e. The Labute approximate surface area is 108 Å². The van der Waals surface area contributed by atoms with E-state index < -0.39 is 12.0 Å². The Morgan fingerprint density at radius 3 is 2.94 bits per heavy atom. The second kappa shape index (κ2) is 7.13. The van der Waals surface area contributed by atoms with Crippen molar-refractivity contribution in [1.82, 2.24) is 10.3 Å². The lowest BCUT2D eigenvalue weighted by Crippen LogP contribution is -2.37. The van der Waals surface area contributed by atoms with Gasteiger partial charge in [0.2, 0.25) is 6.41 Å². The lowest BCUT2D eigenvalue weighted by atomic mass is 10.3. The third kappa shape index (κ3) is 5.06. The molecule has 0 saturated carbocycles. The molecule has 1 amide bonds. The SMILES string of the molecule is O=CNC(CSCc1ccc(Cl)nc1)C(=O)O. The normalized spacial score (nSPS) is 11.8. The standard InChI is InChI=1S/C10H11ClN2O3S/c11-9-2-1-7(3-12-9)4-17-5-8(10(15)16)13-6-14/h1-3,6,8H,4-5H2,(H,13,14)(H,15,16). The number of thioether (sulfide) groups is 1. The number of carbonyl (C=O) groups excluding carboxylic acids is 1. The van der Waals surface area contributed by atoms with Crippen molar-refractivity contribution in [2.45, 2.75) is 11.8 Å². The van der Waals surface area contributed by atoms with Crippen LogP contribution in [-0.2, 0) is 15.3 Å². The average molecular weight is 275 g/mol. The van der Waals surface area contributed by atoms with Crippen molar-refractivity contribution in [3.63, 3.8) is 0 Å². The Bertz CT molecular complexity index is 386. The van der Waals surface area contributed by atoms with Crippen molar-refractivity contribution in [2.24, 2.45) is 0 Å². The second-order valence-electron chi connectivity index (χ2n) is 3.18. The predicted octanol–water partition coefficient (Wildman–Crippen LogP) is 1.17. The number of carboxylic acid groups (broad SMARTS) is 1. The Kier molecular flexibility index (Phi) is 5.79. The molecule has 0 fully saturated rings. The molecule has 1 aromatic heterocycles. The van der Waals surface area contributed by atoms with Gasteiger partial charge in [0.05, 0.1) is 0 Å². The Balaban J connectivity index is 2.37. The van der Waals surface area contributed by atoms with Crippen LogP contribution in [0.4, 0.5) is 0 Å². The van der Waals surface area contributed by atoms with E-state index in [0.29, 0.717) is 23.1 Å². The van der Waals surface area contributed by atoms with Crippen molar-refractivity contribution in [3.05, 3.63) is 29.0 Å². The van der Waals surface area contributed by atoms with Gasteiger partial charge in [0.25, 0.3) is 0 Å². The van der Waals surface area contributed by atoms with Gasteiger partial charge < -0.3 is 10.4 Å². The molecule has 1 heterocycles. The number of pyridine rings is 1. The summed E-state index contributed by atoms with van der Waals surface area (Å²) in [6.07, 6.45) is 2.03. The zero-order valence-electron chi connectivity index (χ0n) is 8.80. The average Bonchev–Trinajstić information content (AvgIpc) is 2.30. The van der Waals surface area contributed by atoms with Gasteiger partial charge in [-0.05, 0) is 11.6 Å². The highest BCUT2D eigenvalue weighted by Crippen LogP contribution is 2.14. The Morgan fingerprint density at radius 1 is 1.65 bits per heavy atom. The second-order valence-corrected chi connectivity index (χ2v) is 4.60. The molecule has 0 saturated heterocycles. The first-order chi connectivity index (χ1) is 8.13. The maximum Gasteiger partial charge on any atom is 0.327 e. The zero-order valence-corrected chi connectivity index (χ0v) is 10.4. The van der Waals surface area contributed by atoms with Gasteiger partial charge in [-0.1, -0.05) is 17.7 Å². The molecule has 7 heteroatoms. The molecule has 2 N–H and O–H groups in total. The van der Waals surface area contributed by atoms with Gasteiger partial charge in [-0.25, -0.2) is 9.78 Å². The van der Waals surface area contributed by atoms with E-state index in [1.165, 1.54) is 11.8 Å². The first-order valence-electron chi connectivity index (χ1n) is 4.74. The van der Waals surface area contributed by atoms with E-state index >= 15 is 0 Å². The summed E-state index contributed by atoms with van der Waals surface area (Å²) in [5.41, 5.74) is 0.953. The van der Waals surface area contributed by atoms with Gasteiger partial charge in [-0.2, -0.15) is 11.8 Å². The molecule has 17 heavy (non-hydrogen) atoms. The van der Waals surface area contributed by atoms with Crippen molar-refractivity contribution in [1.29, 1.82) is 0 Å². The quantitative estimate of drug-likeness (QED) is 0.576. The third-order valence-corrected chi connectivity index (χ3v) is 3.24. The van der Waals surface area contributed by atoms with Gasteiger partial charge in [-0.3, -0.25) is 4.79 Å². The molecule has 92 valence electrons. The predicted molar refractivity (Wildman–Crippen MR) is 66.0 cm³/mol. The fourth-order valence-electron chi connectivity index (χ4n) is 1.06. The van der Waals surface area contributed by atoms with Crippen LogP contribution in [0.5, 0.6) is 0 Å². The first-order valence-corrected chi connectivity index (χ1v) is 6.27. The van der Waals surface area contributed by atoms with Crippen LogP contribution < -0.4 is 5.32 Å². The lowest BCUT2D eigenvalue weighted by molar-refractivity contribution is -0.139. The molecule has 1 atom stereocenters. The van der Waals surface area contributed by atoms with Crippen LogP contribution in [0.2, 0.25) is 5.15 Å². The lowest BCUT2D eigenvalue weighted by Gasteiger charge is -2.10. The van der Waals surface area contributed by atoms with Crippen LogP contribution in [0, 0.1) is 0 Å². The van der Waals surface area contributed by atoms with Crippen molar-refractivity contribution >= 4 is 35.7 Å². The highest BCUT2D eigenvalue weighted by Gasteiger charge is 2.15. The molecule has 0 aromatic carbocycles. The van der Waals surface area contributed by atoms with Crippen molar-refractivity contribution < 1.29 is 14.7 Å². The zero-order chi connectivity index (χ0) is 12.7. The van der Waals surface area contributed by atoms with Crippen molar-refractivity contribution in [2.75, 3.05) is 5.75 Å². The molecule has 1 rings (SSSR count). The smallest absolute Gasteiger partial charge is 0.327 e. The largest absolute Gasteiger partial charge is 0.480 e. The molecular weight excluding hydrogens is 264 g/mol. The van der Waals surface area contributed by atoms with E-state index in [0.717, 1.165) is 5.56 Å². The number of nitrogens with zero attached hydrogens (tertiary/aromatic N) is 1. The van der Waals surface area contributed by atoms with E-state index in [1.54, 1.807) is 12.3 Å². The van der Waals surface area contributed by atoms with Crippen LogP contribution in [-0.4, -0.2) is 34.3 Å². The number of rotatable bonds is 7. The van der Waals surface area contributed by atoms with E-state index in [4.69, 9.17) is 16.7 Å². The minimum absolute atomic E-state index is 0.302. The first kappa shape index (κ1) is 13.8. The summed E-state index contributed by atoms with van der Waals surface area (Å²) < 4.78 is 0. The Morgan fingerprint density at radius 2 is 2.41 bits per heavy atom. The fraction of sp³-hybridized carbons (Fsp3) is 0.300. The topological polar surface area (TPSA) is 79.3 Å². The van der Waals surface area contributed by atoms with Crippen LogP contribution in [0.15, 0.2) is 18.3 Å². The molecule has 1 aromatic rings. The summed E-state index contributed by atoms with van der Waals surface area (Å²) in [6, 6.07) is 2.64. The van der Waals surface area contributed by atoms with E-state index in [1.807, 2.05) is 6.07 Å². The number of nitrogens with one attached hydrogen (secondary N) is 1. The minimum atomic E-state index is -1.04. The molecule has 1 unspecified atom stereocenters. The summed E-state index contributed by atoms with van der Waals surface area (Å²) in [7, 11) is 0. The summed E-state index contributed by atoms with van der Waals surface area (Å²) in [4.78, 5) is 24.8. The van der Waals surface area contributed by atoms with E-state index in [9.17, 15) is 9.59 Å². The van der Waals surface area contributed by atoms with E-state index in [-0.39, 0.29) is 0 Å². The number of carbonyl (C=O) groups is 2. The summed E-state index contributed by atoms with van der Waals surface area (Å²) in [6.45, 7) is 0. The van der Waals surface area contributed by atoms with Gasteiger partial charge in [-0.15, -0.1) is 0 Å². The summed E-state index contributed by atoms with van der Waals surface area (Å²) in [5.74, 6) is -0.121. The molecule has 5 nitrogen and oxygen atoms in total. The van der Waals surface area contributed by atoms with Gasteiger partial charge in [0, 0.05) is 17.7 Å². The maximum atomic E-state index is 10.7. The number of halogens is 1. The monoisotopic (exact) mass is 274 g/mol. The van der Waals surface area contributed by atoms with Crippen molar-refractivity contribution in [3.8, 4) is 0 Å². The Hall–Kier alpha value is -1.27. The number of hydrogen-bond donors (Lipinski definition) is 2. The van der Waals surface area contributed by atoms with Crippen LogP contribution in [0.1, 0.15) is 5.56 Å². The molecule has 0 radical (unpaired) electrons. The number of hydrogen-bond acceptors (Lipinski definition) is 4. The number of aromatic nitrogens is 1. The van der Waals surface area contributed by atoms with Gasteiger partial charge in [0.1, 0.15) is 11.2 Å². The molecule has 0 aliphatic heterocycles. The number of aliphatic carboxylic acids is 1. The van der Waals surface area contributed by atoms with E-state index in [2.05, 4.69) is 10.3 Å². The summed E-state index contributed by atoms with van der Waals surface area (Å²) >= 11 is 7.04. The van der Waals surface area contributed by atoms with Gasteiger partial charge >= 0.3 is 5.97 Å². The summed E-state index contributed by atoms with van der Waals surface area (Å²) in [5, 5.41) is 11.4.